The summed E-state index contributed by atoms with van der Waals surface area (Å²) in [6.45, 7) is 0. The first kappa shape index (κ1) is 15.3. The van der Waals surface area contributed by atoms with Crippen molar-refractivity contribution < 1.29 is 8.42 Å². The molecule has 0 fully saturated rings. The number of hydrogen-bond acceptors (Lipinski definition) is 2. The van der Waals surface area contributed by atoms with Gasteiger partial charge in [-0.05, 0) is 36.4 Å². The fourth-order valence-corrected chi connectivity index (χ4v) is 6.50. The van der Waals surface area contributed by atoms with Crippen molar-refractivity contribution in [2.75, 3.05) is 10.6 Å². The lowest BCUT2D eigenvalue weighted by molar-refractivity contribution is 0.601. The number of hydrogen-bond donors (Lipinski definition) is 0. The van der Waals surface area contributed by atoms with Crippen LogP contribution >= 0.6 is 0 Å². The normalized spacial score (nSPS) is 14.1. The van der Waals surface area contributed by atoms with E-state index in [4.69, 9.17) is 0 Å². The monoisotopic (exact) mass is 354 g/mol. The lowest BCUT2D eigenvalue weighted by Gasteiger charge is -2.29. The lowest BCUT2D eigenvalue weighted by atomic mass is 10.2. The zero-order valence-corrected chi connectivity index (χ0v) is 14.7. The molecule has 0 bridgehead atoms. The Morgan fingerprint density at radius 3 is 1.67 bits per heavy atom. The summed E-state index contributed by atoms with van der Waals surface area (Å²) in [6.07, 6.45) is 1.26. The standard InChI is InChI=1S/C19H16NO2S2/c1-24(21,22)20-16-11-5-7-13-18(16)23(15-9-3-2-4-10-15)19-14-8-6-12-17(19)20/h2-14H,1H3/q+1. The molecule has 0 saturated carbocycles. The highest BCUT2D eigenvalue weighted by Crippen LogP contribution is 2.48. The van der Waals surface area contributed by atoms with Gasteiger partial charge in [0.15, 0.2) is 14.7 Å². The number of nitrogens with zero attached hydrogens (tertiary/aromatic N) is 1. The third kappa shape index (κ3) is 2.41. The van der Waals surface area contributed by atoms with E-state index in [9.17, 15) is 8.42 Å². The number of fused-ring (bicyclic) bond motifs is 2. The second-order valence-corrected chi connectivity index (χ2v) is 9.38. The van der Waals surface area contributed by atoms with Crippen LogP contribution in [0.3, 0.4) is 0 Å². The molecule has 4 rings (SSSR count). The summed E-state index contributed by atoms with van der Waals surface area (Å²) < 4.78 is 26.4. The van der Waals surface area contributed by atoms with E-state index < -0.39 is 10.0 Å². The molecule has 1 aliphatic rings. The number of benzene rings is 3. The Balaban J connectivity index is 2.06. The Morgan fingerprint density at radius 2 is 1.17 bits per heavy atom. The smallest absolute Gasteiger partial charge is 0.228 e. The second-order valence-electron chi connectivity index (χ2n) is 5.58. The van der Waals surface area contributed by atoms with Gasteiger partial charge in [-0.3, -0.25) is 0 Å². The molecule has 0 radical (unpaired) electrons. The minimum Gasteiger partial charge on any atom is -0.228 e. The first-order valence-electron chi connectivity index (χ1n) is 7.55. The third-order valence-electron chi connectivity index (χ3n) is 3.92. The van der Waals surface area contributed by atoms with Gasteiger partial charge < -0.3 is 0 Å². The predicted molar refractivity (Wildman–Crippen MR) is 98.5 cm³/mol. The van der Waals surface area contributed by atoms with Crippen molar-refractivity contribution in [3.8, 4) is 0 Å². The van der Waals surface area contributed by atoms with Crippen molar-refractivity contribution in [1.82, 2.24) is 0 Å². The number of para-hydroxylation sites is 2. The summed E-state index contributed by atoms with van der Waals surface area (Å²) in [7, 11) is -3.74. The zero-order chi connectivity index (χ0) is 16.7. The first-order chi connectivity index (χ1) is 11.6. The molecule has 0 aromatic heterocycles. The number of sulfonamides is 1. The highest BCUT2D eigenvalue weighted by atomic mass is 32.2. The maximum Gasteiger partial charge on any atom is 0.236 e. The van der Waals surface area contributed by atoms with E-state index in [-0.39, 0.29) is 10.9 Å². The van der Waals surface area contributed by atoms with Crippen molar-refractivity contribution >= 4 is 32.3 Å². The van der Waals surface area contributed by atoms with Crippen molar-refractivity contribution in [3.05, 3.63) is 78.9 Å². The van der Waals surface area contributed by atoms with Crippen LogP contribution in [-0.2, 0) is 20.9 Å². The van der Waals surface area contributed by atoms with Gasteiger partial charge in [0, 0.05) is 0 Å². The molecular weight excluding hydrogens is 338 g/mol. The van der Waals surface area contributed by atoms with Crippen LogP contribution < -0.4 is 4.31 Å². The van der Waals surface area contributed by atoms with Crippen LogP contribution in [0.2, 0.25) is 0 Å². The molecule has 24 heavy (non-hydrogen) atoms. The van der Waals surface area contributed by atoms with Crippen molar-refractivity contribution in [3.63, 3.8) is 0 Å². The van der Waals surface area contributed by atoms with Crippen LogP contribution in [0.25, 0.3) is 0 Å². The first-order valence-corrected chi connectivity index (χ1v) is 10.6. The molecule has 3 nitrogen and oxygen atoms in total. The molecule has 1 heterocycles. The highest BCUT2D eigenvalue weighted by molar-refractivity contribution is 7.98. The van der Waals surface area contributed by atoms with Gasteiger partial charge in [-0.15, -0.1) is 0 Å². The Kier molecular flexibility index (Phi) is 3.62. The van der Waals surface area contributed by atoms with Crippen LogP contribution in [0.4, 0.5) is 11.4 Å². The van der Waals surface area contributed by atoms with Crippen LogP contribution in [-0.4, -0.2) is 14.7 Å². The molecular formula is C19H16NO2S2+. The molecule has 1 aliphatic heterocycles. The number of anilines is 2. The fourth-order valence-electron chi connectivity index (χ4n) is 3.01. The van der Waals surface area contributed by atoms with Crippen molar-refractivity contribution in [2.24, 2.45) is 0 Å². The molecule has 3 aromatic rings. The SMILES string of the molecule is CS(=O)(=O)N1c2ccccc2[S+](c2ccccc2)c2ccccc21. The topological polar surface area (TPSA) is 37.4 Å². The van der Waals surface area contributed by atoms with Gasteiger partial charge in [0.2, 0.25) is 10.0 Å². The van der Waals surface area contributed by atoms with Crippen LogP contribution in [0.15, 0.2) is 93.5 Å². The van der Waals surface area contributed by atoms with Gasteiger partial charge in [-0.25, -0.2) is 12.7 Å². The average Bonchev–Trinajstić information content (AvgIpc) is 2.59. The van der Waals surface area contributed by atoms with Crippen LogP contribution in [0, 0.1) is 0 Å². The quantitative estimate of drug-likeness (QED) is 0.647. The van der Waals surface area contributed by atoms with Gasteiger partial charge in [-0.2, -0.15) is 0 Å². The van der Waals surface area contributed by atoms with Crippen LogP contribution in [0.5, 0.6) is 0 Å². The van der Waals surface area contributed by atoms with E-state index in [1.807, 2.05) is 66.7 Å². The fraction of sp³-hybridized carbons (Fsp3) is 0.0526. The van der Waals surface area contributed by atoms with Gasteiger partial charge in [-0.1, -0.05) is 42.5 Å². The molecule has 0 N–H and O–H groups in total. The van der Waals surface area contributed by atoms with E-state index in [1.165, 1.54) is 15.5 Å². The van der Waals surface area contributed by atoms with Gasteiger partial charge in [0.1, 0.15) is 22.3 Å². The summed E-state index contributed by atoms with van der Waals surface area (Å²) in [6, 6.07) is 25.8. The van der Waals surface area contributed by atoms with Crippen molar-refractivity contribution in [1.29, 1.82) is 0 Å². The Hall–Kier alpha value is -2.24. The average molecular weight is 354 g/mol. The summed E-state index contributed by atoms with van der Waals surface area (Å²) in [4.78, 5) is 3.26. The Morgan fingerprint density at radius 1 is 0.708 bits per heavy atom. The number of rotatable bonds is 2. The van der Waals surface area contributed by atoms with E-state index in [0.29, 0.717) is 0 Å². The minimum atomic E-state index is -3.42. The maximum absolute atomic E-state index is 12.5. The summed E-state index contributed by atoms with van der Waals surface area (Å²) in [5.74, 6) is 0. The van der Waals surface area contributed by atoms with Gasteiger partial charge in [0.05, 0.1) is 6.26 Å². The summed E-state index contributed by atoms with van der Waals surface area (Å²) in [5.41, 5.74) is 1.48. The molecule has 0 amide bonds. The molecule has 0 atom stereocenters. The third-order valence-corrected chi connectivity index (χ3v) is 7.29. The molecule has 0 unspecified atom stereocenters. The lowest BCUT2D eigenvalue weighted by Crippen LogP contribution is -2.31. The summed E-state index contributed by atoms with van der Waals surface area (Å²) in [5, 5.41) is 0. The van der Waals surface area contributed by atoms with E-state index in [0.717, 1.165) is 21.2 Å². The molecule has 0 aliphatic carbocycles. The van der Waals surface area contributed by atoms with Crippen LogP contribution in [0.1, 0.15) is 0 Å². The maximum atomic E-state index is 12.5. The largest absolute Gasteiger partial charge is 0.236 e. The van der Waals surface area contributed by atoms with Gasteiger partial charge in [0.25, 0.3) is 0 Å². The molecule has 0 saturated heterocycles. The Bertz CT molecular complexity index is 953. The Labute approximate surface area is 145 Å². The second kappa shape index (κ2) is 5.69. The molecule has 3 aromatic carbocycles. The highest BCUT2D eigenvalue weighted by Gasteiger charge is 2.43. The van der Waals surface area contributed by atoms with Crippen molar-refractivity contribution in [2.45, 2.75) is 14.7 Å². The summed E-state index contributed by atoms with van der Waals surface area (Å²) >= 11 is 0. The zero-order valence-electron chi connectivity index (χ0n) is 13.1. The van der Waals surface area contributed by atoms with E-state index in [1.54, 1.807) is 0 Å². The van der Waals surface area contributed by atoms with Gasteiger partial charge >= 0.3 is 0 Å². The van der Waals surface area contributed by atoms with E-state index in [2.05, 4.69) is 12.1 Å². The minimum absolute atomic E-state index is 0.320. The molecule has 120 valence electrons. The predicted octanol–water partition coefficient (Wildman–Crippen LogP) is 4.19. The molecule has 0 spiro atoms. The van der Waals surface area contributed by atoms with E-state index >= 15 is 0 Å². The molecule has 5 heteroatoms.